The molecule has 21 heavy (non-hydrogen) atoms. The van der Waals surface area contributed by atoms with Gasteiger partial charge in [-0.25, -0.2) is 4.39 Å². The zero-order valence-electron chi connectivity index (χ0n) is 11.5. The van der Waals surface area contributed by atoms with Crippen LogP contribution in [0.5, 0.6) is 0 Å². The molecular weight excluding hydrogens is 291 g/mol. The molecule has 2 amide bonds. The number of carbonyl (C=O) groups is 2. The molecule has 2 aliphatic rings. The molecule has 0 radical (unpaired) electrons. The minimum atomic E-state index is -0.439. The molecular formula is C15H17FN2O2S. The van der Waals surface area contributed by atoms with Crippen LogP contribution in [0.3, 0.4) is 0 Å². The number of hydrogen-bond donors (Lipinski definition) is 1. The maximum absolute atomic E-state index is 13.0. The molecule has 0 spiro atoms. The van der Waals surface area contributed by atoms with Crippen molar-refractivity contribution < 1.29 is 14.0 Å². The van der Waals surface area contributed by atoms with Gasteiger partial charge < -0.3 is 5.73 Å². The Morgan fingerprint density at radius 2 is 1.95 bits per heavy atom. The number of imide groups is 1. The van der Waals surface area contributed by atoms with Crippen LogP contribution in [0.15, 0.2) is 23.1 Å². The van der Waals surface area contributed by atoms with Crippen LogP contribution in [0.2, 0.25) is 0 Å². The average Bonchev–Trinajstić information content (AvgIpc) is 3.02. The van der Waals surface area contributed by atoms with Crippen molar-refractivity contribution >= 4 is 29.3 Å². The van der Waals surface area contributed by atoms with Crippen LogP contribution in [-0.2, 0) is 9.59 Å². The fraction of sp³-hybridized carbons (Fsp3) is 0.467. The highest BCUT2D eigenvalue weighted by molar-refractivity contribution is 8.00. The molecule has 1 aliphatic heterocycles. The zero-order chi connectivity index (χ0) is 15.0. The molecule has 1 atom stereocenters. The van der Waals surface area contributed by atoms with E-state index in [-0.39, 0.29) is 24.3 Å². The van der Waals surface area contributed by atoms with Crippen LogP contribution in [0.4, 0.5) is 10.1 Å². The number of halogens is 1. The number of thioether (sulfide) groups is 1. The van der Waals surface area contributed by atoms with Crippen molar-refractivity contribution in [2.24, 2.45) is 0 Å². The van der Waals surface area contributed by atoms with Crippen molar-refractivity contribution in [3.63, 3.8) is 0 Å². The Balaban J connectivity index is 1.75. The fourth-order valence-corrected chi connectivity index (χ4v) is 4.13. The van der Waals surface area contributed by atoms with E-state index >= 15 is 0 Å². The summed E-state index contributed by atoms with van der Waals surface area (Å²) in [5.74, 6) is -0.621. The predicted molar refractivity (Wildman–Crippen MR) is 79.2 cm³/mol. The van der Waals surface area contributed by atoms with Gasteiger partial charge in [-0.15, -0.1) is 11.8 Å². The molecule has 1 heterocycles. The molecule has 2 N–H and O–H groups in total. The maximum Gasteiger partial charge on any atom is 0.243 e. The third-order valence-electron chi connectivity index (χ3n) is 4.07. The summed E-state index contributed by atoms with van der Waals surface area (Å²) in [6.07, 6.45) is 4.17. The van der Waals surface area contributed by atoms with E-state index in [0.29, 0.717) is 10.6 Å². The van der Waals surface area contributed by atoms with E-state index in [0.717, 1.165) is 25.7 Å². The van der Waals surface area contributed by atoms with Crippen molar-refractivity contribution in [3.8, 4) is 0 Å². The van der Waals surface area contributed by atoms with Gasteiger partial charge in [-0.2, -0.15) is 0 Å². The Morgan fingerprint density at radius 1 is 1.24 bits per heavy atom. The van der Waals surface area contributed by atoms with E-state index in [9.17, 15) is 14.0 Å². The number of nitrogen functional groups attached to an aromatic ring is 1. The number of carbonyl (C=O) groups excluding carboxylic acids is 2. The van der Waals surface area contributed by atoms with Crippen molar-refractivity contribution in [3.05, 3.63) is 24.0 Å². The molecule has 1 aromatic carbocycles. The van der Waals surface area contributed by atoms with Crippen molar-refractivity contribution in [1.82, 2.24) is 4.90 Å². The Labute approximate surface area is 126 Å². The molecule has 1 saturated carbocycles. The highest BCUT2D eigenvalue weighted by atomic mass is 32.2. The Bertz CT molecular complexity index is 587. The maximum atomic E-state index is 13.0. The first-order chi connectivity index (χ1) is 10.1. The number of nitrogens with zero attached hydrogens (tertiary/aromatic N) is 1. The molecule has 112 valence electrons. The molecule has 0 bridgehead atoms. The van der Waals surface area contributed by atoms with Crippen LogP contribution in [0.1, 0.15) is 32.1 Å². The molecule has 4 nitrogen and oxygen atoms in total. The molecule has 6 heteroatoms. The molecule has 1 aromatic rings. The SMILES string of the molecule is Nc1cc(F)ccc1SC1CC(=O)N(C2CCCC2)C1=O. The Hall–Kier alpha value is -1.56. The van der Waals surface area contributed by atoms with Gasteiger partial charge >= 0.3 is 0 Å². The van der Waals surface area contributed by atoms with Gasteiger partial charge in [0.1, 0.15) is 5.82 Å². The van der Waals surface area contributed by atoms with Crippen molar-refractivity contribution in [2.45, 2.75) is 48.3 Å². The first-order valence-electron chi connectivity index (χ1n) is 7.14. The molecule has 2 fully saturated rings. The van der Waals surface area contributed by atoms with Crippen LogP contribution < -0.4 is 5.73 Å². The van der Waals surface area contributed by atoms with Crippen molar-refractivity contribution in [2.75, 3.05) is 5.73 Å². The van der Waals surface area contributed by atoms with E-state index in [4.69, 9.17) is 5.73 Å². The van der Waals surface area contributed by atoms with Gasteiger partial charge in [-0.1, -0.05) is 12.8 Å². The number of hydrogen-bond acceptors (Lipinski definition) is 4. The summed E-state index contributed by atoms with van der Waals surface area (Å²) in [5, 5.41) is -0.439. The Morgan fingerprint density at radius 3 is 2.62 bits per heavy atom. The zero-order valence-corrected chi connectivity index (χ0v) is 12.4. The summed E-state index contributed by atoms with van der Waals surface area (Å²) < 4.78 is 13.0. The topological polar surface area (TPSA) is 63.4 Å². The second kappa shape index (κ2) is 5.67. The lowest BCUT2D eigenvalue weighted by Crippen LogP contribution is -2.39. The normalized spacial score (nSPS) is 23.3. The second-order valence-electron chi connectivity index (χ2n) is 5.53. The first kappa shape index (κ1) is 14.4. The standard InChI is InChI=1S/C15H17FN2O2S/c16-9-5-6-12(11(17)7-9)21-13-8-14(19)18(15(13)20)10-3-1-2-4-10/h5-7,10,13H,1-4,8,17H2. The number of nitrogens with two attached hydrogens (primary N) is 1. The number of rotatable bonds is 3. The van der Waals surface area contributed by atoms with Gasteiger partial charge in [-0.05, 0) is 31.0 Å². The monoisotopic (exact) mass is 308 g/mol. The lowest BCUT2D eigenvalue weighted by molar-refractivity contribution is -0.140. The highest BCUT2D eigenvalue weighted by Gasteiger charge is 2.43. The summed E-state index contributed by atoms with van der Waals surface area (Å²) in [4.78, 5) is 26.7. The van der Waals surface area contributed by atoms with Gasteiger partial charge in [0.2, 0.25) is 11.8 Å². The second-order valence-corrected chi connectivity index (χ2v) is 6.78. The summed E-state index contributed by atoms with van der Waals surface area (Å²) in [6, 6.07) is 4.18. The van der Waals surface area contributed by atoms with Crippen molar-refractivity contribution in [1.29, 1.82) is 0 Å². The highest BCUT2D eigenvalue weighted by Crippen LogP contribution is 2.37. The number of anilines is 1. The summed E-state index contributed by atoms with van der Waals surface area (Å²) >= 11 is 1.26. The summed E-state index contributed by atoms with van der Waals surface area (Å²) in [7, 11) is 0. The smallest absolute Gasteiger partial charge is 0.243 e. The summed E-state index contributed by atoms with van der Waals surface area (Å²) in [5.41, 5.74) is 6.07. The predicted octanol–water partition coefficient (Wildman–Crippen LogP) is 2.57. The lowest BCUT2D eigenvalue weighted by Gasteiger charge is -2.22. The molecule has 3 rings (SSSR count). The Kier molecular flexibility index (Phi) is 3.89. The molecule has 0 aromatic heterocycles. The number of likely N-dealkylation sites (tertiary alicyclic amines) is 1. The number of benzene rings is 1. The minimum Gasteiger partial charge on any atom is -0.398 e. The third-order valence-corrected chi connectivity index (χ3v) is 5.35. The van der Waals surface area contributed by atoms with Crippen LogP contribution in [-0.4, -0.2) is 28.0 Å². The van der Waals surface area contributed by atoms with E-state index in [2.05, 4.69) is 0 Å². The number of amides is 2. The average molecular weight is 308 g/mol. The van der Waals surface area contributed by atoms with E-state index < -0.39 is 11.1 Å². The van der Waals surface area contributed by atoms with Gasteiger partial charge in [0.25, 0.3) is 0 Å². The lowest BCUT2D eigenvalue weighted by atomic mass is 10.2. The fourth-order valence-electron chi connectivity index (χ4n) is 3.04. The summed E-state index contributed by atoms with van der Waals surface area (Å²) in [6.45, 7) is 0. The third kappa shape index (κ3) is 2.77. The minimum absolute atomic E-state index is 0.0705. The van der Waals surface area contributed by atoms with Crippen LogP contribution >= 0.6 is 11.8 Å². The van der Waals surface area contributed by atoms with Gasteiger partial charge in [-0.3, -0.25) is 14.5 Å². The largest absolute Gasteiger partial charge is 0.398 e. The molecule has 1 unspecified atom stereocenters. The quantitative estimate of drug-likeness (QED) is 0.688. The molecule has 1 aliphatic carbocycles. The van der Waals surface area contributed by atoms with Crippen LogP contribution in [0, 0.1) is 5.82 Å². The van der Waals surface area contributed by atoms with Gasteiger partial charge in [0.15, 0.2) is 0 Å². The van der Waals surface area contributed by atoms with Gasteiger partial charge in [0.05, 0.1) is 5.25 Å². The van der Waals surface area contributed by atoms with E-state index in [1.54, 1.807) is 6.07 Å². The molecule has 1 saturated heterocycles. The van der Waals surface area contributed by atoms with Crippen LogP contribution in [0.25, 0.3) is 0 Å². The van der Waals surface area contributed by atoms with E-state index in [1.807, 2.05) is 0 Å². The van der Waals surface area contributed by atoms with E-state index in [1.165, 1.54) is 28.8 Å². The first-order valence-corrected chi connectivity index (χ1v) is 8.02. The van der Waals surface area contributed by atoms with Gasteiger partial charge in [0, 0.05) is 23.0 Å².